The van der Waals surface area contributed by atoms with Gasteiger partial charge in [-0.3, -0.25) is 4.90 Å². The Morgan fingerprint density at radius 3 is 2.52 bits per heavy atom. The molecule has 1 aliphatic heterocycles. The maximum absolute atomic E-state index is 14.0. The minimum absolute atomic E-state index is 0.0797. The zero-order valence-electron chi connectivity index (χ0n) is 11.8. The summed E-state index contributed by atoms with van der Waals surface area (Å²) in [4.78, 5) is 4.06. The van der Waals surface area contributed by atoms with Crippen molar-refractivity contribution in [3.8, 4) is 0 Å². The number of nitrogens with zero attached hydrogens (tertiary/aromatic N) is 2. The molecule has 0 spiro atoms. The summed E-state index contributed by atoms with van der Waals surface area (Å²) in [6.07, 6.45) is -3.53. The van der Waals surface area contributed by atoms with Crippen LogP contribution in [0.15, 0.2) is 16.6 Å². The number of likely N-dealkylation sites (tertiary alicyclic amines) is 1. The van der Waals surface area contributed by atoms with Crippen LogP contribution in [-0.2, 0) is 12.7 Å². The Bertz CT molecular complexity index is 516. The Morgan fingerprint density at radius 1 is 1.33 bits per heavy atom. The normalized spacial score (nSPS) is 20.5. The summed E-state index contributed by atoms with van der Waals surface area (Å²) in [5.41, 5.74) is -0.745. The smallest absolute Gasteiger partial charge is 0.305 e. The van der Waals surface area contributed by atoms with Gasteiger partial charge in [-0.15, -0.1) is 0 Å². The lowest BCUT2D eigenvalue weighted by molar-refractivity contribution is -0.137. The number of halogens is 5. The van der Waals surface area contributed by atoms with Crippen LogP contribution in [0, 0.1) is 5.82 Å². The van der Waals surface area contributed by atoms with Crippen molar-refractivity contribution in [2.45, 2.75) is 25.2 Å². The molecule has 0 aliphatic carbocycles. The summed E-state index contributed by atoms with van der Waals surface area (Å²) in [6.45, 7) is 1.69. The molecule has 0 bridgehead atoms. The summed E-state index contributed by atoms with van der Waals surface area (Å²) in [5, 5.41) is 0. The molecular formula is C14H17BrF4N2. The average Bonchev–Trinajstić information content (AvgIpc) is 2.82. The van der Waals surface area contributed by atoms with E-state index in [4.69, 9.17) is 0 Å². The van der Waals surface area contributed by atoms with Gasteiger partial charge in [-0.25, -0.2) is 4.39 Å². The second-order valence-electron chi connectivity index (χ2n) is 5.57. The molecule has 2 rings (SSSR count). The van der Waals surface area contributed by atoms with Gasteiger partial charge in [-0.1, -0.05) is 0 Å². The van der Waals surface area contributed by atoms with Crippen LogP contribution in [0.5, 0.6) is 0 Å². The van der Waals surface area contributed by atoms with Crippen LogP contribution in [0.2, 0.25) is 0 Å². The topological polar surface area (TPSA) is 6.48 Å². The van der Waals surface area contributed by atoms with Crippen molar-refractivity contribution in [1.82, 2.24) is 9.80 Å². The van der Waals surface area contributed by atoms with Crippen LogP contribution >= 0.6 is 15.9 Å². The standard InChI is InChI=1S/C14H17BrF4N2/c1-20(2)11-3-4-21(8-11)7-9-5-10(14(17,18)19)6-12(15)13(9)16/h5-6,11H,3-4,7-8H2,1-2H3/t11-/m0/s1. The van der Waals surface area contributed by atoms with Gasteiger partial charge in [0.05, 0.1) is 10.0 Å². The molecule has 1 aromatic carbocycles. The first-order valence-corrected chi connectivity index (χ1v) is 7.41. The van der Waals surface area contributed by atoms with Gasteiger partial charge < -0.3 is 4.90 Å². The zero-order chi connectivity index (χ0) is 15.8. The highest BCUT2D eigenvalue weighted by molar-refractivity contribution is 9.10. The highest BCUT2D eigenvalue weighted by atomic mass is 79.9. The van der Waals surface area contributed by atoms with E-state index in [0.29, 0.717) is 6.04 Å². The van der Waals surface area contributed by atoms with Crippen molar-refractivity contribution >= 4 is 15.9 Å². The molecule has 0 saturated carbocycles. The maximum Gasteiger partial charge on any atom is 0.416 e. The summed E-state index contributed by atoms with van der Waals surface area (Å²) < 4.78 is 52.3. The average molecular weight is 369 g/mol. The second kappa shape index (κ2) is 6.22. The second-order valence-corrected chi connectivity index (χ2v) is 6.42. The van der Waals surface area contributed by atoms with E-state index in [-0.39, 0.29) is 16.6 Å². The fourth-order valence-corrected chi connectivity index (χ4v) is 3.04. The SMILES string of the molecule is CN(C)[C@H]1CCN(Cc2cc(C(F)(F)F)cc(Br)c2F)C1. The fourth-order valence-electron chi connectivity index (χ4n) is 2.54. The molecule has 118 valence electrons. The number of rotatable bonds is 3. The molecule has 0 unspecified atom stereocenters. The molecular weight excluding hydrogens is 352 g/mol. The van der Waals surface area contributed by atoms with Crippen molar-refractivity contribution in [3.63, 3.8) is 0 Å². The van der Waals surface area contributed by atoms with Gasteiger partial charge in [0.1, 0.15) is 5.82 Å². The van der Waals surface area contributed by atoms with Gasteiger partial charge in [-0.05, 0) is 48.6 Å². The van der Waals surface area contributed by atoms with Crippen LogP contribution in [0.1, 0.15) is 17.5 Å². The lowest BCUT2D eigenvalue weighted by atomic mass is 10.1. The quantitative estimate of drug-likeness (QED) is 0.749. The largest absolute Gasteiger partial charge is 0.416 e. The number of benzene rings is 1. The van der Waals surface area contributed by atoms with Gasteiger partial charge in [0.15, 0.2) is 0 Å². The van der Waals surface area contributed by atoms with Gasteiger partial charge >= 0.3 is 6.18 Å². The predicted molar refractivity (Wildman–Crippen MR) is 76.5 cm³/mol. The molecule has 1 heterocycles. The van der Waals surface area contributed by atoms with Crippen molar-refractivity contribution in [3.05, 3.63) is 33.5 Å². The zero-order valence-corrected chi connectivity index (χ0v) is 13.4. The highest BCUT2D eigenvalue weighted by Gasteiger charge is 2.33. The minimum Gasteiger partial charge on any atom is -0.305 e. The van der Waals surface area contributed by atoms with E-state index in [1.54, 1.807) is 0 Å². The summed E-state index contributed by atoms with van der Waals surface area (Å²) in [6, 6.07) is 2.05. The fraction of sp³-hybridized carbons (Fsp3) is 0.571. The maximum atomic E-state index is 14.0. The van der Waals surface area contributed by atoms with E-state index < -0.39 is 17.6 Å². The Kier molecular flexibility index (Phi) is 4.95. The van der Waals surface area contributed by atoms with Crippen molar-refractivity contribution in [2.75, 3.05) is 27.2 Å². The third kappa shape index (κ3) is 3.96. The minimum atomic E-state index is -4.47. The first-order valence-electron chi connectivity index (χ1n) is 6.62. The first-order chi connectivity index (χ1) is 9.68. The Labute approximate surface area is 129 Å². The van der Waals surface area contributed by atoms with Crippen LogP contribution in [0.25, 0.3) is 0 Å². The van der Waals surface area contributed by atoms with Gasteiger partial charge in [0, 0.05) is 31.2 Å². The van der Waals surface area contributed by atoms with Gasteiger partial charge in [0.2, 0.25) is 0 Å². The number of likely N-dealkylation sites (N-methyl/N-ethyl adjacent to an activating group) is 1. The van der Waals surface area contributed by atoms with Gasteiger partial charge in [0.25, 0.3) is 0 Å². The van der Waals surface area contributed by atoms with E-state index in [1.807, 2.05) is 19.0 Å². The molecule has 1 saturated heterocycles. The van der Waals surface area contributed by atoms with Crippen molar-refractivity contribution < 1.29 is 17.6 Å². The Balaban J connectivity index is 2.19. The van der Waals surface area contributed by atoms with Crippen LogP contribution < -0.4 is 0 Å². The molecule has 1 fully saturated rings. The number of hydrogen-bond donors (Lipinski definition) is 0. The molecule has 7 heteroatoms. The molecule has 0 amide bonds. The van der Waals surface area contributed by atoms with E-state index in [2.05, 4.69) is 20.8 Å². The predicted octanol–water partition coefficient (Wildman–Crippen LogP) is 3.74. The number of hydrogen-bond acceptors (Lipinski definition) is 2. The van der Waals surface area contributed by atoms with Crippen LogP contribution in [-0.4, -0.2) is 43.0 Å². The van der Waals surface area contributed by atoms with Gasteiger partial charge in [-0.2, -0.15) is 13.2 Å². The monoisotopic (exact) mass is 368 g/mol. The Morgan fingerprint density at radius 2 is 2.00 bits per heavy atom. The van der Waals surface area contributed by atoms with E-state index in [1.165, 1.54) is 0 Å². The van der Waals surface area contributed by atoms with Crippen LogP contribution in [0.4, 0.5) is 17.6 Å². The summed E-state index contributed by atoms with van der Waals surface area (Å²) >= 11 is 2.87. The van der Waals surface area contributed by atoms with E-state index in [9.17, 15) is 17.6 Å². The van der Waals surface area contributed by atoms with E-state index >= 15 is 0 Å². The third-order valence-corrected chi connectivity index (χ3v) is 4.38. The number of alkyl halides is 3. The molecule has 21 heavy (non-hydrogen) atoms. The molecule has 0 N–H and O–H groups in total. The van der Waals surface area contributed by atoms with Crippen molar-refractivity contribution in [1.29, 1.82) is 0 Å². The first kappa shape index (κ1) is 16.7. The molecule has 2 nitrogen and oxygen atoms in total. The van der Waals surface area contributed by atoms with Crippen molar-refractivity contribution in [2.24, 2.45) is 0 Å². The summed E-state index contributed by atoms with van der Waals surface area (Å²) in [7, 11) is 3.94. The lowest BCUT2D eigenvalue weighted by Crippen LogP contribution is -2.31. The van der Waals surface area contributed by atoms with E-state index in [0.717, 1.165) is 31.6 Å². The molecule has 1 atom stereocenters. The summed E-state index contributed by atoms with van der Waals surface area (Å²) in [5.74, 6) is -0.615. The Hall–Kier alpha value is -0.660. The molecule has 0 radical (unpaired) electrons. The molecule has 1 aromatic rings. The van der Waals surface area contributed by atoms with Crippen LogP contribution in [0.3, 0.4) is 0 Å². The third-order valence-electron chi connectivity index (χ3n) is 3.80. The highest BCUT2D eigenvalue weighted by Crippen LogP contribution is 2.34. The molecule has 1 aliphatic rings. The molecule has 0 aromatic heterocycles. The lowest BCUT2D eigenvalue weighted by Gasteiger charge is -2.21.